The first-order valence-corrected chi connectivity index (χ1v) is 14.9. The van der Waals surface area contributed by atoms with Gasteiger partial charge in [-0.25, -0.2) is 9.97 Å². The van der Waals surface area contributed by atoms with Gasteiger partial charge in [-0.05, 0) is 67.8 Å². The van der Waals surface area contributed by atoms with Gasteiger partial charge in [-0.3, -0.25) is 9.69 Å². The Bertz CT molecular complexity index is 1190. The number of carbonyl (C=O) groups excluding carboxylic acids is 1. The molecule has 0 radical (unpaired) electrons. The molecule has 3 N–H and O–H groups in total. The van der Waals surface area contributed by atoms with Crippen molar-refractivity contribution in [1.82, 2.24) is 35.1 Å². The van der Waals surface area contributed by atoms with Crippen LogP contribution in [0.4, 0.5) is 0 Å². The van der Waals surface area contributed by atoms with E-state index in [4.69, 9.17) is 0 Å². The zero-order valence-corrected chi connectivity index (χ0v) is 23.5. The van der Waals surface area contributed by atoms with Gasteiger partial charge in [0.05, 0.1) is 13.1 Å². The molecule has 4 aromatic rings. The summed E-state index contributed by atoms with van der Waals surface area (Å²) in [6.07, 6.45) is 13.1. The van der Waals surface area contributed by atoms with E-state index in [9.17, 15) is 4.79 Å². The number of aromatic amines is 2. The summed E-state index contributed by atoms with van der Waals surface area (Å²) in [6.45, 7) is 6.14. The average molecular weight is 546 g/mol. The number of H-pyrrole nitrogens is 2. The van der Waals surface area contributed by atoms with Crippen LogP contribution in [0.25, 0.3) is 0 Å². The van der Waals surface area contributed by atoms with E-state index in [-0.39, 0.29) is 5.91 Å². The third-order valence-electron chi connectivity index (χ3n) is 7.54. The predicted molar refractivity (Wildman–Crippen MR) is 155 cm³/mol. The summed E-state index contributed by atoms with van der Waals surface area (Å²) >= 11 is 1.87. The fraction of sp³-hybridized carbons (Fsp3) is 0.433. The minimum atomic E-state index is -0.0418. The molecule has 3 heterocycles. The van der Waals surface area contributed by atoms with Gasteiger partial charge in [0.2, 0.25) is 0 Å². The summed E-state index contributed by atoms with van der Waals surface area (Å²) < 4.78 is 0. The lowest BCUT2D eigenvalue weighted by Crippen LogP contribution is -2.42. The van der Waals surface area contributed by atoms with E-state index in [0.29, 0.717) is 30.7 Å². The summed E-state index contributed by atoms with van der Waals surface area (Å²) in [5, 5.41) is 5.95. The van der Waals surface area contributed by atoms with Crippen molar-refractivity contribution in [2.75, 3.05) is 6.54 Å². The Balaban J connectivity index is 1.12. The van der Waals surface area contributed by atoms with E-state index in [0.717, 1.165) is 24.7 Å². The highest BCUT2D eigenvalue weighted by atomic mass is 32.1. The molecule has 0 unspecified atom stereocenters. The number of rotatable bonds is 13. The van der Waals surface area contributed by atoms with Gasteiger partial charge in [-0.2, -0.15) is 0 Å². The van der Waals surface area contributed by atoms with Gasteiger partial charge in [0.25, 0.3) is 5.91 Å². The van der Waals surface area contributed by atoms with Gasteiger partial charge in [0.15, 0.2) is 0 Å². The molecule has 206 valence electrons. The largest absolute Gasteiger partial charge is 0.347 e. The summed E-state index contributed by atoms with van der Waals surface area (Å²) in [5.74, 6) is 1.45. The van der Waals surface area contributed by atoms with Crippen LogP contribution < -0.4 is 5.32 Å². The van der Waals surface area contributed by atoms with Crippen molar-refractivity contribution in [2.24, 2.45) is 0 Å². The first-order valence-electron chi connectivity index (χ1n) is 14.0. The SMILES string of the molecule is CCCN(Cc1cccs1)C1CCC(NCc2ccc(C(=O)N(Cc3ncc[nH]3)Cc3ncc[nH]3)cc2)CC1. The van der Waals surface area contributed by atoms with E-state index in [1.807, 2.05) is 23.5 Å². The summed E-state index contributed by atoms with van der Waals surface area (Å²) in [6, 6.07) is 13.6. The third-order valence-corrected chi connectivity index (χ3v) is 8.40. The first-order chi connectivity index (χ1) is 19.2. The van der Waals surface area contributed by atoms with E-state index >= 15 is 0 Å². The average Bonchev–Trinajstić information content (AvgIpc) is 3.77. The molecular formula is C30H39N7OS. The summed E-state index contributed by atoms with van der Waals surface area (Å²) in [4.78, 5) is 34.0. The van der Waals surface area contributed by atoms with Crippen LogP contribution in [0.15, 0.2) is 66.6 Å². The van der Waals surface area contributed by atoms with Gasteiger partial charge in [-0.15, -0.1) is 11.3 Å². The molecule has 1 amide bonds. The number of aromatic nitrogens is 4. The Labute approximate surface area is 234 Å². The minimum absolute atomic E-state index is 0.0418. The molecule has 1 aliphatic carbocycles. The van der Waals surface area contributed by atoms with Crippen molar-refractivity contribution in [1.29, 1.82) is 0 Å². The monoisotopic (exact) mass is 545 g/mol. The number of hydrogen-bond donors (Lipinski definition) is 3. The maximum Gasteiger partial charge on any atom is 0.254 e. The molecule has 8 nitrogen and oxygen atoms in total. The highest BCUT2D eigenvalue weighted by Gasteiger charge is 2.25. The van der Waals surface area contributed by atoms with Crippen molar-refractivity contribution < 1.29 is 4.79 Å². The van der Waals surface area contributed by atoms with Crippen molar-refractivity contribution in [2.45, 2.75) is 77.3 Å². The van der Waals surface area contributed by atoms with Crippen molar-refractivity contribution in [3.8, 4) is 0 Å². The number of nitrogens with one attached hydrogen (secondary N) is 3. The van der Waals surface area contributed by atoms with Crippen LogP contribution in [0.5, 0.6) is 0 Å². The molecule has 9 heteroatoms. The standard InChI is InChI=1S/C30H39N7OS/c1-2-17-36(20-27-4-3-18-39-27)26-11-9-25(10-12-26)35-19-23-5-7-24(8-6-23)30(38)37(21-28-31-13-14-32-28)22-29-33-15-16-34-29/h3-8,13-16,18,25-26,35H,2,9-12,17,19-22H2,1H3,(H,31,32)(H,33,34). The minimum Gasteiger partial charge on any atom is -0.347 e. The van der Waals surface area contributed by atoms with Crippen molar-refractivity contribution in [3.63, 3.8) is 0 Å². The topological polar surface area (TPSA) is 92.9 Å². The Kier molecular flexibility index (Phi) is 9.58. The molecular weight excluding hydrogens is 506 g/mol. The number of nitrogens with zero attached hydrogens (tertiary/aromatic N) is 4. The maximum absolute atomic E-state index is 13.4. The molecule has 5 rings (SSSR count). The Hall–Kier alpha value is -3.27. The van der Waals surface area contributed by atoms with Crippen LogP contribution >= 0.6 is 11.3 Å². The Morgan fingerprint density at radius 2 is 1.67 bits per heavy atom. The van der Waals surface area contributed by atoms with Gasteiger partial charge in [0, 0.05) is 60.4 Å². The van der Waals surface area contributed by atoms with Crippen LogP contribution in [-0.4, -0.2) is 54.3 Å². The highest BCUT2D eigenvalue weighted by molar-refractivity contribution is 7.09. The van der Waals surface area contributed by atoms with Crippen LogP contribution in [0, 0.1) is 0 Å². The Morgan fingerprint density at radius 3 is 2.23 bits per heavy atom. The van der Waals surface area contributed by atoms with E-state index in [1.165, 1.54) is 49.1 Å². The normalized spacial score (nSPS) is 17.5. The second-order valence-corrected chi connectivity index (χ2v) is 11.4. The second-order valence-electron chi connectivity index (χ2n) is 10.4. The van der Waals surface area contributed by atoms with E-state index in [2.05, 4.69) is 66.7 Å². The molecule has 1 aromatic carbocycles. The molecule has 0 atom stereocenters. The number of imidazole rings is 2. The maximum atomic E-state index is 13.4. The van der Waals surface area contributed by atoms with Crippen molar-refractivity contribution >= 4 is 17.2 Å². The molecule has 0 bridgehead atoms. The van der Waals surface area contributed by atoms with Crippen LogP contribution in [0.2, 0.25) is 0 Å². The molecule has 0 saturated heterocycles. The quantitative estimate of drug-likeness (QED) is 0.211. The third kappa shape index (κ3) is 7.65. The summed E-state index contributed by atoms with van der Waals surface area (Å²) in [5.41, 5.74) is 1.86. The fourth-order valence-corrected chi connectivity index (χ4v) is 6.20. The molecule has 1 saturated carbocycles. The number of carbonyl (C=O) groups is 1. The lowest BCUT2D eigenvalue weighted by molar-refractivity contribution is 0.0721. The lowest BCUT2D eigenvalue weighted by Gasteiger charge is -2.37. The lowest BCUT2D eigenvalue weighted by atomic mass is 9.89. The van der Waals surface area contributed by atoms with E-state index < -0.39 is 0 Å². The molecule has 0 aliphatic heterocycles. The number of hydrogen-bond acceptors (Lipinski definition) is 6. The van der Waals surface area contributed by atoms with Gasteiger partial charge in [0.1, 0.15) is 11.6 Å². The highest BCUT2D eigenvalue weighted by Crippen LogP contribution is 2.26. The molecule has 3 aromatic heterocycles. The number of amides is 1. The zero-order chi connectivity index (χ0) is 26.9. The number of thiophene rings is 1. The first kappa shape index (κ1) is 27.3. The Morgan fingerprint density at radius 1 is 0.974 bits per heavy atom. The fourth-order valence-electron chi connectivity index (χ4n) is 5.47. The number of benzene rings is 1. The van der Waals surface area contributed by atoms with Gasteiger partial charge >= 0.3 is 0 Å². The van der Waals surface area contributed by atoms with Crippen molar-refractivity contribution in [3.05, 3.63) is 94.2 Å². The second kappa shape index (κ2) is 13.7. The molecule has 0 spiro atoms. The zero-order valence-electron chi connectivity index (χ0n) is 22.7. The van der Waals surface area contributed by atoms with Crippen LogP contribution in [0.1, 0.15) is 71.5 Å². The van der Waals surface area contributed by atoms with Gasteiger partial charge < -0.3 is 20.2 Å². The van der Waals surface area contributed by atoms with Crippen LogP contribution in [-0.2, 0) is 26.2 Å². The summed E-state index contributed by atoms with van der Waals surface area (Å²) in [7, 11) is 0. The smallest absolute Gasteiger partial charge is 0.254 e. The van der Waals surface area contributed by atoms with E-state index in [1.54, 1.807) is 29.7 Å². The molecule has 39 heavy (non-hydrogen) atoms. The van der Waals surface area contributed by atoms with Gasteiger partial charge in [-0.1, -0.05) is 25.1 Å². The molecule has 1 fully saturated rings. The predicted octanol–water partition coefficient (Wildman–Crippen LogP) is 5.35. The van der Waals surface area contributed by atoms with Crippen LogP contribution in [0.3, 0.4) is 0 Å². The molecule has 1 aliphatic rings.